The van der Waals surface area contributed by atoms with E-state index in [0.717, 1.165) is 11.1 Å². The fraction of sp³-hybridized carbons (Fsp3) is 0.188. The number of benzene rings is 2. The van der Waals surface area contributed by atoms with E-state index >= 15 is 0 Å². The Hall–Kier alpha value is -2.40. The predicted molar refractivity (Wildman–Crippen MR) is 76.5 cm³/mol. The number of aliphatic carboxylic acids is 1. The minimum absolute atomic E-state index is 0.271. The minimum atomic E-state index is -1.02. The van der Waals surface area contributed by atoms with Crippen molar-refractivity contribution in [2.75, 3.05) is 0 Å². The fourth-order valence-electron chi connectivity index (χ4n) is 1.81. The van der Waals surface area contributed by atoms with Crippen LogP contribution in [0.25, 0.3) is 0 Å². The number of hydrogen-bond donors (Lipinski definition) is 2. The van der Waals surface area contributed by atoms with E-state index in [2.05, 4.69) is 0 Å². The first kappa shape index (κ1) is 15.0. The maximum absolute atomic E-state index is 12.8. The molecular weight excluding hydrogens is 273 g/mol. The molecule has 1 atom stereocenters. The Balaban J connectivity index is 1.90. The van der Waals surface area contributed by atoms with Gasteiger partial charge < -0.3 is 15.6 Å². The van der Waals surface area contributed by atoms with Crippen LogP contribution in [0.1, 0.15) is 11.1 Å². The molecule has 0 aliphatic carbocycles. The Morgan fingerprint density at radius 1 is 1.10 bits per heavy atom. The lowest BCUT2D eigenvalue weighted by molar-refractivity contribution is -0.138. The maximum Gasteiger partial charge on any atom is 0.320 e. The van der Waals surface area contributed by atoms with E-state index in [1.807, 2.05) is 0 Å². The monoisotopic (exact) mass is 289 g/mol. The second-order valence-electron chi connectivity index (χ2n) is 4.71. The number of halogens is 1. The van der Waals surface area contributed by atoms with Crippen molar-refractivity contribution in [2.24, 2.45) is 5.73 Å². The van der Waals surface area contributed by atoms with Gasteiger partial charge in [-0.25, -0.2) is 4.39 Å². The Bertz CT molecular complexity index is 596. The van der Waals surface area contributed by atoms with Crippen molar-refractivity contribution < 1.29 is 19.0 Å². The van der Waals surface area contributed by atoms with E-state index in [0.29, 0.717) is 12.4 Å². The minimum Gasteiger partial charge on any atom is -0.489 e. The van der Waals surface area contributed by atoms with Crippen LogP contribution in [0.2, 0.25) is 0 Å². The Kier molecular flexibility index (Phi) is 4.90. The van der Waals surface area contributed by atoms with Gasteiger partial charge in [-0.05, 0) is 41.8 Å². The first-order valence-corrected chi connectivity index (χ1v) is 6.49. The van der Waals surface area contributed by atoms with Gasteiger partial charge in [0.2, 0.25) is 0 Å². The van der Waals surface area contributed by atoms with Crippen molar-refractivity contribution in [2.45, 2.75) is 19.1 Å². The first-order valence-electron chi connectivity index (χ1n) is 6.49. The zero-order valence-electron chi connectivity index (χ0n) is 11.3. The fourth-order valence-corrected chi connectivity index (χ4v) is 1.81. The van der Waals surface area contributed by atoms with E-state index in [1.165, 1.54) is 12.1 Å². The van der Waals surface area contributed by atoms with Gasteiger partial charge in [0.15, 0.2) is 0 Å². The molecule has 4 nitrogen and oxygen atoms in total. The summed E-state index contributed by atoms with van der Waals surface area (Å²) in [5.74, 6) is -0.642. The molecule has 0 unspecified atom stereocenters. The van der Waals surface area contributed by atoms with Crippen LogP contribution in [0.3, 0.4) is 0 Å². The number of carboxylic acids is 1. The molecule has 0 spiro atoms. The number of carboxylic acid groups (broad SMARTS) is 1. The van der Waals surface area contributed by atoms with Crippen LogP contribution in [0.5, 0.6) is 5.75 Å². The summed E-state index contributed by atoms with van der Waals surface area (Å²) in [5, 5.41) is 8.75. The van der Waals surface area contributed by atoms with Crippen LogP contribution in [0.15, 0.2) is 48.5 Å². The molecule has 0 aromatic heterocycles. The summed E-state index contributed by atoms with van der Waals surface area (Å²) >= 11 is 0. The summed E-state index contributed by atoms with van der Waals surface area (Å²) < 4.78 is 18.3. The van der Waals surface area contributed by atoms with E-state index in [-0.39, 0.29) is 12.2 Å². The third kappa shape index (κ3) is 4.57. The lowest BCUT2D eigenvalue weighted by Gasteiger charge is -2.09. The molecule has 110 valence electrons. The van der Waals surface area contributed by atoms with Crippen LogP contribution in [0.4, 0.5) is 4.39 Å². The molecule has 0 heterocycles. The smallest absolute Gasteiger partial charge is 0.320 e. The highest BCUT2D eigenvalue weighted by Gasteiger charge is 2.11. The predicted octanol–water partition coefficient (Wildman–Crippen LogP) is 2.36. The SMILES string of the molecule is N[C@@H](Cc1ccc(OCc2ccc(F)cc2)cc1)C(=O)O. The molecule has 2 rings (SSSR count). The average molecular weight is 289 g/mol. The van der Waals surface area contributed by atoms with Crippen molar-refractivity contribution in [1.29, 1.82) is 0 Å². The Morgan fingerprint density at radius 2 is 1.67 bits per heavy atom. The average Bonchev–Trinajstić information content (AvgIpc) is 2.48. The van der Waals surface area contributed by atoms with Gasteiger partial charge in [0.25, 0.3) is 0 Å². The molecule has 0 aliphatic rings. The largest absolute Gasteiger partial charge is 0.489 e. The maximum atomic E-state index is 12.8. The first-order chi connectivity index (χ1) is 10.0. The molecule has 0 amide bonds. The zero-order chi connectivity index (χ0) is 15.2. The molecule has 3 N–H and O–H groups in total. The van der Waals surface area contributed by atoms with Gasteiger partial charge in [0, 0.05) is 0 Å². The van der Waals surface area contributed by atoms with Crippen molar-refractivity contribution in [3.05, 3.63) is 65.5 Å². The quantitative estimate of drug-likeness (QED) is 0.856. The highest BCUT2D eigenvalue weighted by Crippen LogP contribution is 2.15. The summed E-state index contributed by atoms with van der Waals surface area (Å²) in [6.45, 7) is 0.342. The molecular formula is C16H16FNO3. The third-order valence-corrected chi connectivity index (χ3v) is 3.01. The lowest BCUT2D eigenvalue weighted by atomic mass is 10.1. The van der Waals surface area contributed by atoms with E-state index in [1.54, 1.807) is 36.4 Å². The van der Waals surface area contributed by atoms with E-state index in [9.17, 15) is 9.18 Å². The number of hydrogen-bond acceptors (Lipinski definition) is 3. The van der Waals surface area contributed by atoms with Crippen LogP contribution in [0, 0.1) is 5.82 Å². The number of nitrogens with two attached hydrogens (primary N) is 1. The summed E-state index contributed by atoms with van der Waals surface area (Å²) in [6, 6.07) is 12.3. The van der Waals surface area contributed by atoms with Crippen LogP contribution >= 0.6 is 0 Å². The van der Waals surface area contributed by atoms with Gasteiger partial charge in [0.1, 0.15) is 24.2 Å². The van der Waals surface area contributed by atoms with Gasteiger partial charge in [-0.1, -0.05) is 24.3 Å². The molecule has 0 saturated carbocycles. The summed E-state index contributed by atoms with van der Waals surface area (Å²) in [6.07, 6.45) is 0.271. The molecule has 0 saturated heterocycles. The normalized spacial score (nSPS) is 11.9. The second kappa shape index (κ2) is 6.85. The van der Waals surface area contributed by atoms with Crippen molar-refractivity contribution in [1.82, 2.24) is 0 Å². The molecule has 5 heteroatoms. The van der Waals surface area contributed by atoms with E-state index < -0.39 is 12.0 Å². The molecule has 2 aromatic carbocycles. The van der Waals surface area contributed by atoms with Gasteiger partial charge in [0.05, 0.1) is 0 Å². The van der Waals surface area contributed by atoms with Crippen LogP contribution in [-0.4, -0.2) is 17.1 Å². The highest BCUT2D eigenvalue weighted by molar-refractivity contribution is 5.73. The summed E-state index contributed by atoms with van der Waals surface area (Å²) in [4.78, 5) is 10.7. The van der Waals surface area contributed by atoms with Gasteiger partial charge in [-0.15, -0.1) is 0 Å². The van der Waals surface area contributed by atoms with Crippen molar-refractivity contribution in [3.8, 4) is 5.75 Å². The number of carbonyl (C=O) groups is 1. The molecule has 2 aromatic rings. The number of rotatable bonds is 6. The van der Waals surface area contributed by atoms with Gasteiger partial charge in [-0.3, -0.25) is 4.79 Å². The second-order valence-corrected chi connectivity index (χ2v) is 4.71. The summed E-state index contributed by atoms with van der Waals surface area (Å²) in [7, 11) is 0. The molecule has 0 fully saturated rings. The van der Waals surface area contributed by atoms with Crippen LogP contribution in [-0.2, 0) is 17.8 Å². The third-order valence-electron chi connectivity index (χ3n) is 3.01. The molecule has 0 radical (unpaired) electrons. The Morgan fingerprint density at radius 3 is 2.24 bits per heavy atom. The lowest BCUT2D eigenvalue weighted by Crippen LogP contribution is -2.32. The van der Waals surface area contributed by atoms with Crippen molar-refractivity contribution >= 4 is 5.97 Å². The Labute approximate surface area is 122 Å². The van der Waals surface area contributed by atoms with E-state index in [4.69, 9.17) is 15.6 Å². The van der Waals surface area contributed by atoms with Gasteiger partial charge in [-0.2, -0.15) is 0 Å². The highest BCUT2D eigenvalue weighted by atomic mass is 19.1. The molecule has 0 aliphatic heterocycles. The topological polar surface area (TPSA) is 72.5 Å². The zero-order valence-corrected chi connectivity index (χ0v) is 11.3. The van der Waals surface area contributed by atoms with Crippen molar-refractivity contribution in [3.63, 3.8) is 0 Å². The molecule has 21 heavy (non-hydrogen) atoms. The summed E-state index contributed by atoms with van der Waals surface area (Å²) in [5.41, 5.74) is 7.17. The standard InChI is InChI=1S/C16H16FNO3/c17-13-5-1-12(2-6-13)10-21-14-7-3-11(4-8-14)9-15(18)16(19)20/h1-8,15H,9-10,18H2,(H,19,20)/t15-/m0/s1. The van der Waals surface area contributed by atoms with Gasteiger partial charge >= 0.3 is 5.97 Å². The molecule has 0 bridgehead atoms. The number of ether oxygens (including phenoxy) is 1. The van der Waals surface area contributed by atoms with Crippen LogP contribution < -0.4 is 10.5 Å².